The minimum atomic E-state index is 1.27. The average molecular weight is 286 g/mol. The van der Waals surface area contributed by atoms with Crippen LogP contribution in [0, 0.1) is 27.7 Å². The summed E-state index contributed by atoms with van der Waals surface area (Å²) in [6, 6.07) is 22.1. The zero-order chi connectivity index (χ0) is 15.7. The fourth-order valence-corrected chi connectivity index (χ4v) is 3.21. The van der Waals surface area contributed by atoms with Gasteiger partial charge >= 0.3 is 0 Å². The van der Waals surface area contributed by atoms with Crippen LogP contribution in [0.2, 0.25) is 0 Å². The lowest BCUT2D eigenvalue weighted by Gasteiger charge is -2.12. The Bertz CT molecular complexity index is 767. The van der Waals surface area contributed by atoms with Gasteiger partial charge in [0.1, 0.15) is 0 Å². The van der Waals surface area contributed by atoms with Crippen LogP contribution >= 0.6 is 0 Å². The van der Waals surface area contributed by atoms with Crippen LogP contribution in [0.4, 0.5) is 0 Å². The first kappa shape index (κ1) is 14.6. The van der Waals surface area contributed by atoms with Crippen molar-refractivity contribution in [2.75, 3.05) is 0 Å². The molecule has 0 aliphatic carbocycles. The second kappa shape index (κ2) is 5.81. The maximum Gasteiger partial charge on any atom is -0.0125 e. The summed E-state index contributed by atoms with van der Waals surface area (Å²) >= 11 is 0. The molecule has 0 fully saturated rings. The zero-order valence-corrected chi connectivity index (χ0v) is 13.8. The van der Waals surface area contributed by atoms with Gasteiger partial charge in [0.15, 0.2) is 0 Å². The second-order valence-corrected chi connectivity index (χ2v) is 6.22. The predicted octanol–water partition coefficient (Wildman–Crippen LogP) is 6.25. The van der Waals surface area contributed by atoms with Crippen LogP contribution in [-0.4, -0.2) is 0 Å². The van der Waals surface area contributed by atoms with Crippen LogP contribution in [0.25, 0.3) is 22.3 Å². The molecule has 0 N–H and O–H groups in total. The Hall–Kier alpha value is -2.34. The Labute approximate surface area is 133 Å². The molecule has 0 aromatic heterocycles. The molecule has 0 spiro atoms. The maximum absolute atomic E-state index is 2.26. The Morgan fingerprint density at radius 1 is 0.455 bits per heavy atom. The molecule has 3 aromatic rings. The van der Waals surface area contributed by atoms with E-state index in [-0.39, 0.29) is 0 Å². The molecule has 0 heteroatoms. The molecule has 0 heterocycles. The van der Waals surface area contributed by atoms with Gasteiger partial charge in [-0.15, -0.1) is 0 Å². The molecule has 0 unspecified atom stereocenters. The third-order valence-electron chi connectivity index (χ3n) is 4.24. The Kier molecular flexibility index (Phi) is 3.85. The van der Waals surface area contributed by atoms with Crippen molar-refractivity contribution in [2.45, 2.75) is 27.7 Å². The quantitative estimate of drug-likeness (QED) is 0.522. The molecule has 0 aliphatic rings. The smallest absolute Gasteiger partial charge is 0.0125 e. The molecular weight excluding hydrogens is 264 g/mol. The minimum absolute atomic E-state index is 1.27. The normalized spacial score (nSPS) is 10.7. The zero-order valence-electron chi connectivity index (χ0n) is 13.8. The van der Waals surface area contributed by atoms with Crippen molar-refractivity contribution in [3.63, 3.8) is 0 Å². The maximum atomic E-state index is 2.26. The monoisotopic (exact) mass is 286 g/mol. The van der Waals surface area contributed by atoms with Crippen LogP contribution in [0.15, 0.2) is 60.7 Å². The highest BCUT2D eigenvalue weighted by molar-refractivity contribution is 5.74. The summed E-state index contributed by atoms with van der Waals surface area (Å²) in [6.45, 7) is 8.67. The highest BCUT2D eigenvalue weighted by Crippen LogP contribution is 2.30. The first-order valence-electron chi connectivity index (χ1n) is 7.80. The van der Waals surface area contributed by atoms with E-state index in [0.717, 1.165) is 0 Å². The van der Waals surface area contributed by atoms with Crippen LogP contribution in [0.3, 0.4) is 0 Å². The molecule has 0 bridgehead atoms. The van der Waals surface area contributed by atoms with Crippen LogP contribution in [0.5, 0.6) is 0 Å². The van der Waals surface area contributed by atoms with Gasteiger partial charge in [-0.1, -0.05) is 71.8 Å². The second-order valence-electron chi connectivity index (χ2n) is 6.22. The molecule has 0 amide bonds. The number of hydrogen-bond donors (Lipinski definition) is 0. The summed E-state index contributed by atoms with van der Waals surface area (Å²) < 4.78 is 0. The van der Waals surface area contributed by atoms with E-state index in [0.29, 0.717) is 0 Å². The SMILES string of the molecule is Cc1ccc(-c2ccc(-c3c(C)cc(C)cc3C)cc2)cc1. The van der Waals surface area contributed by atoms with E-state index in [1.165, 1.54) is 44.5 Å². The number of rotatable bonds is 2. The van der Waals surface area contributed by atoms with Gasteiger partial charge in [-0.3, -0.25) is 0 Å². The molecule has 22 heavy (non-hydrogen) atoms. The fourth-order valence-electron chi connectivity index (χ4n) is 3.21. The van der Waals surface area contributed by atoms with Gasteiger partial charge in [-0.05, 0) is 61.1 Å². The van der Waals surface area contributed by atoms with Crippen molar-refractivity contribution >= 4 is 0 Å². The summed E-state index contributed by atoms with van der Waals surface area (Å²) in [5.74, 6) is 0. The third-order valence-corrected chi connectivity index (χ3v) is 4.24. The van der Waals surface area contributed by atoms with Crippen molar-refractivity contribution < 1.29 is 0 Å². The molecule has 110 valence electrons. The van der Waals surface area contributed by atoms with E-state index in [1.807, 2.05) is 0 Å². The Balaban J connectivity index is 2.00. The lowest BCUT2D eigenvalue weighted by molar-refractivity contribution is 1.32. The lowest BCUT2D eigenvalue weighted by atomic mass is 9.92. The predicted molar refractivity (Wildman–Crippen MR) is 96.3 cm³/mol. The van der Waals surface area contributed by atoms with Crippen LogP contribution in [-0.2, 0) is 0 Å². The van der Waals surface area contributed by atoms with E-state index in [4.69, 9.17) is 0 Å². The van der Waals surface area contributed by atoms with Gasteiger partial charge in [0.05, 0.1) is 0 Å². The average Bonchev–Trinajstić information content (AvgIpc) is 2.48. The minimum Gasteiger partial charge on any atom is -0.0587 e. The first-order chi connectivity index (χ1) is 10.5. The van der Waals surface area contributed by atoms with E-state index >= 15 is 0 Å². The Morgan fingerprint density at radius 2 is 0.864 bits per heavy atom. The van der Waals surface area contributed by atoms with Crippen LogP contribution in [0.1, 0.15) is 22.3 Å². The summed E-state index contributed by atoms with van der Waals surface area (Å²) in [5, 5.41) is 0. The molecule has 3 aromatic carbocycles. The fraction of sp³-hybridized carbons (Fsp3) is 0.182. The van der Waals surface area contributed by atoms with Gasteiger partial charge < -0.3 is 0 Å². The van der Waals surface area contributed by atoms with Crippen molar-refractivity contribution in [1.29, 1.82) is 0 Å². The molecule has 0 saturated heterocycles. The molecule has 0 radical (unpaired) electrons. The molecule has 0 saturated carbocycles. The topological polar surface area (TPSA) is 0 Å². The first-order valence-corrected chi connectivity index (χ1v) is 7.80. The molecule has 3 rings (SSSR count). The van der Waals surface area contributed by atoms with Gasteiger partial charge in [-0.25, -0.2) is 0 Å². The van der Waals surface area contributed by atoms with E-state index < -0.39 is 0 Å². The summed E-state index contributed by atoms with van der Waals surface area (Å²) in [5.41, 5.74) is 10.5. The number of hydrogen-bond acceptors (Lipinski definition) is 0. The molecular formula is C22H22. The highest BCUT2D eigenvalue weighted by atomic mass is 14.1. The van der Waals surface area contributed by atoms with Gasteiger partial charge in [0.2, 0.25) is 0 Å². The van der Waals surface area contributed by atoms with E-state index in [9.17, 15) is 0 Å². The largest absolute Gasteiger partial charge is 0.0587 e. The lowest BCUT2D eigenvalue weighted by Crippen LogP contribution is -1.90. The summed E-state index contributed by atoms with van der Waals surface area (Å²) in [4.78, 5) is 0. The van der Waals surface area contributed by atoms with Crippen molar-refractivity contribution in [2.24, 2.45) is 0 Å². The Morgan fingerprint density at radius 3 is 1.36 bits per heavy atom. The molecule has 0 nitrogen and oxygen atoms in total. The van der Waals surface area contributed by atoms with Crippen molar-refractivity contribution in [3.8, 4) is 22.3 Å². The van der Waals surface area contributed by atoms with Crippen molar-refractivity contribution in [1.82, 2.24) is 0 Å². The number of benzene rings is 3. The highest BCUT2D eigenvalue weighted by Gasteiger charge is 2.07. The molecule has 0 aliphatic heterocycles. The summed E-state index contributed by atoms with van der Waals surface area (Å²) in [7, 11) is 0. The van der Waals surface area contributed by atoms with Crippen molar-refractivity contribution in [3.05, 3.63) is 82.9 Å². The van der Waals surface area contributed by atoms with Gasteiger partial charge in [0, 0.05) is 0 Å². The van der Waals surface area contributed by atoms with E-state index in [2.05, 4.69) is 88.4 Å². The number of aryl methyl sites for hydroxylation is 4. The summed E-state index contributed by atoms with van der Waals surface area (Å²) in [6.07, 6.45) is 0. The van der Waals surface area contributed by atoms with E-state index in [1.54, 1.807) is 0 Å². The van der Waals surface area contributed by atoms with Gasteiger partial charge in [0.25, 0.3) is 0 Å². The molecule has 0 atom stereocenters. The third kappa shape index (κ3) is 2.82. The van der Waals surface area contributed by atoms with Gasteiger partial charge in [-0.2, -0.15) is 0 Å². The standard InChI is InChI=1S/C22H22/c1-15-5-7-19(8-6-15)20-9-11-21(12-10-20)22-17(3)13-16(2)14-18(22)4/h5-14H,1-4H3. The van der Waals surface area contributed by atoms with Crippen LogP contribution < -0.4 is 0 Å².